The van der Waals surface area contributed by atoms with Crippen LogP contribution in [0.15, 0.2) is 53.4 Å². The molecule has 1 heterocycles. The van der Waals surface area contributed by atoms with Gasteiger partial charge in [-0.2, -0.15) is 4.31 Å². The Morgan fingerprint density at radius 3 is 2.17 bits per heavy atom. The van der Waals surface area contributed by atoms with Gasteiger partial charge in [0.05, 0.1) is 4.90 Å². The summed E-state index contributed by atoms with van der Waals surface area (Å²) < 4.78 is 27.0. The minimum Gasteiger partial charge on any atom is -0.479 e. The molecule has 2 aromatic carbocycles. The van der Waals surface area contributed by atoms with Crippen LogP contribution >= 0.6 is 0 Å². The molecule has 1 amide bonds. The Balaban J connectivity index is 1.59. The highest BCUT2D eigenvalue weighted by Crippen LogP contribution is 2.31. The van der Waals surface area contributed by atoms with Crippen LogP contribution in [0.25, 0.3) is 0 Å². The van der Waals surface area contributed by atoms with Crippen LogP contribution in [0.1, 0.15) is 34.3 Å². The van der Waals surface area contributed by atoms with Gasteiger partial charge in [-0.05, 0) is 42.2 Å². The number of rotatable bonds is 5. The molecule has 0 bridgehead atoms. The second-order valence-corrected chi connectivity index (χ2v) is 9.54. The number of hydrogen-bond acceptors (Lipinski definition) is 4. The molecule has 8 heteroatoms. The van der Waals surface area contributed by atoms with Gasteiger partial charge in [-0.3, -0.25) is 4.79 Å². The molecule has 1 aliphatic carbocycles. The molecule has 0 radical (unpaired) electrons. The minimum atomic E-state index is -3.66. The third-order valence-corrected chi connectivity index (χ3v) is 7.56. The van der Waals surface area contributed by atoms with Crippen molar-refractivity contribution in [2.24, 2.45) is 0 Å². The van der Waals surface area contributed by atoms with E-state index in [-0.39, 0.29) is 23.3 Å². The Morgan fingerprint density at radius 1 is 0.966 bits per heavy atom. The first-order valence-electron chi connectivity index (χ1n) is 9.55. The lowest BCUT2D eigenvalue weighted by molar-refractivity contribution is -0.144. The van der Waals surface area contributed by atoms with E-state index in [1.807, 2.05) is 24.3 Å². The van der Waals surface area contributed by atoms with Crippen molar-refractivity contribution in [2.45, 2.75) is 36.1 Å². The van der Waals surface area contributed by atoms with E-state index in [0.717, 1.165) is 24.0 Å². The van der Waals surface area contributed by atoms with E-state index in [0.29, 0.717) is 13.1 Å². The molecule has 7 nitrogen and oxygen atoms in total. The molecule has 0 aromatic heterocycles. The SMILES string of the molecule is O=C(NC1(C(=O)O)Cc2ccccc2C1)c1cccc(S(=O)(=O)N2CCCC2)c1. The fraction of sp³-hybridized carbons (Fsp3) is 0.333. The number of carbonyl (C=O) groups is 2. The fourth-order valence-electron chi connectivity index (χ4n) is 4.07. The topological polar surface area (TPSA) is 104 Å². The first-order valence-corrected chi connectivity index (χ1v) is 11.0. The van der Waals surface area contributed by atoms with Crippen LogP contribution in [-0.2, 0) is 27.7 Å². The number of carbonyl (C=O) groups excluding carboxylic acids is 1. The lowest BCUT2D eigenvalue weighted by atomic mass is 9.95. The first-order chi connectivity index (χ1) is 13.8. The van der Waals surface area contributed by atoms with E-state index in [1.54, 1.807) is 0 Å². The van der Waals surface area contributed by atoms with Gasteiger partial charge < -0.3 is 10.4 Å². The average molecular weight is 414 g/mol. The van der Waals surface area contributed by atoms with E-state index in [2.05, 4.69) is 5.32 Å². The van der Waals surface area contributed by atoms with Crippen molar-refractivity contribution in [3.8, 4) is 0 Å². The summed E-state index contributed by atoms with van der Waals surface area (Å²) in [4.78, 5) is 25.0. The molecule has 152 valence electrons. The van der Waals surface area contributed by atoms with E-state index in [1.165, 1.54) is 28.6 Å². The quantitative estimate of drug-likeness (QED) is 0.777. The molecule has 2 N–H and O–H groups in total. The number of nitrogens with one attached hydrogen (secondary N) is 1. The average Bonchev–Trinajstić information content (AvgIpc) is 3.36. The molecule has 1 saturated heterocycles. The monoisotopic (exact) mass is 414 g/mol. The standard InChI is InChI=1S/C21H22N2O5S/c24-19(22-21(20(25)26)13-16-6-1-2-7-17(16)14-21)15-8-5-9-18(12-15)29(27,28)23-10-3-4-11-23/h1-2,5-9,12H,3-4,10-11,13-14H2,(H,22,24)(H,25,26). The summed E-state index contributed by atoms with van der Waals surface area (Å²) in [6, 6.07) is 13.2. The Kier molecular flexibility index (Phi) is 4.92. The van der Waals surface area contributed by atoms with Crippen LogP contribution in [0.2, 0.25) is 0 Å². The number of hydrogen-bond donors (Lipinski definition) is 2. The van der Waals surface area contributed by atoms with Gasteiger partial charge in [-0.1, -0.05) is 30.3 Å². The largest absolute Gasteiger partial charge is 0.479 e. The van der Waals surface area contributed by atoms with Gasteiger partial charge in [-0.15, -0.1) is 0 Å². The summed E-state index contributed by atoms with van der Waals surface area (Å²) in [6.45, 7) is 0.943. The van der Waals surface area contributed by atoms with Crippen molar-refractivity contribution in [3.05, 3.63) is 65.2 Å². The van der Waals surface area contributed by atoms with Crippen LogP contribution in [0.4, 0.5) is 0 Å². The maximum atomic E-state index is 12.9. The molecule has 29 heavy (non-hydrogen) atoms. The Labute approximate surface area is 169 Å². The highest BCUT2D eigenvalue weighted by atomic mass is 32.2. The number of sulfonamides is 1. The minimum absolute atomic E-state index is 0.0473. The van der Waals surface area contributed by atoms with Crippen LogP contribution in [0.5, 0.6) is 0 Å². The molecule has 1 fully saturated rings. The van der Waals surface area contributed by atoms with E-state index in [4.69, 9.17) is 0 Å². The first kappa shape index (κ1) is 19.6. The number of carboxylic acid groups (broad SMARTS) is 1. The third kappa shape index (κ3) is 3.54. The van der Waals surface area contributed by atoms with Gasteiger partial charge in [0.1, 0.15) is 5.54 Å². The Hall–Kier alpha value is -2.71. The van der Waals surface area contributed by atoms with E-state index < -0.39 is 27.4 Å². The van der Waals surface area contributed by atoms with Crippen molar-refractivity contribution in [3.63, 3.8) is 0 Å². The van der Waals surface area contributed by atoms with Crippen molar-refractivity contribution >= 4 is 21.9 Å². The van der Waals surface area contributed by atoms with Crippen molar-refractivity contribution < 1.29 is 23.1 Å². The fourth-order valence-corrected chi connectivity index (χ4v) is 5.64. The van der Waals surface area contributed by atoms with Crippen LogP contribution in [0.3, 0.4) is 0 Å². The summed E-state index contributed by atoms with van der Waals surface area (Å²) in [5, 5.41) is 12.5. The Bertz CT molecular complexity index is 1050. The summed E-state index contributed by atoms with van der Waals surface area (Å²) in [7, 11) is -3.66. The highest BCUT2D eigenvalue weighted by Gasteiger charge is 2.45. The van der Waals surface area contributed by atoms with Crippen molar-refractivity contribution in [1.82, 2.24) is 9.62 Å². The summed E-state index contributed by atoms with van der Waals surface area (Å²) >= 11 is 0. The number of aliphatic carboxylic acids is 1. The number of nitrogens with zero attached hydrogens (tertiary/aromatic N) is 1. The maximum Gasteiger partial charge on any atom is 0.330 e. The number of carboxylic acids is 1. The van der Waals surface area contributed by atoms with Gasteiger partial charge in [0.15, 0.2) is 0 Å². The molecule has 0 atom stereocenters. The number of benzene rings is 2. The van der Waals surface area contributed by atoms with Gasteiger partial charge in [-0.25, -0.2) is 13.2 Å². The van der Waals surface area contributed by atoms with Crippen LogP contribution in [0, 0.1) is 0 Å². The van der Waals surface area contributed by atoms with E-state index in [9.17, 15) is 23.1 Å². The number of fused-ring (bicyclic) bond motifs is 1. The highest BCUT2D eigenvalue weighted by molar-refractivity contribution is 7.89. The van der Waals surface area contributed by atoms with Gasteiger partial charge in [0.25, 0.3) is 5.91 Å². The maximum absolute atomic E-state index is 12.9. The predicted octanol–water partition coefficient (Wildman–Crippen LogP) is 1.82. The molecule has 2 aliphatic rings. The molecule has 0 unspecified atom stereocenters. The van der Waals surface area contributed by atoms with Gasteiger partial charge in [0, 0.05) is 31.5 Å². The third-order valence-electron chi connectivity index (χ3n) is 5.66. The lowest BCUT2D eigenvalue weighted by Crippen LogP contribution is -2.55. The Morgan fingerprint density at radius 2 is 1.59 bits per heavy atom. The van der Waals surface area contributed by atoms with Gasteiger partial charge >= 0.3 is 5.97 Å². The van der Waals surface area contributed by atoms with Crippen LogP contribution in [-0.4, -0.2) is 48.3 Å². The van der Waals surface area contributed by atoms with E-state index >= 15 is 0 Å². The van der Waals surface area contributed by atoms with Crippen LogP contribution < -0.4 is 5.32 Å². The zero-order chi connectivity index (χ0) is 20.6. The molecule has 2 aromatic rings. The van der Waals surface area contributed by atoms with Gasteiger partial charge in [0.2, 0.25) is 10.0 Å². The molecule has 4 rings (SSSR count). The van der Waals surface area contributed by atoms with Crippen molar-refractivity contribution in [1.29, 1.82) is 0 Å². The summed E-state index contributed by atoms with van der Waals surface area (Å²) in [5.41, 5.74) is 0.466. The summed E-state index contributed by atoms with van der Waals surface area (Å²) in [6.07, 6.45) is 2.02. The normalized spacial score (nSPS) is 18.3. The summed E-state index contributed by atoms with van der Waals surface area (Å²) in [5.74, 6) is -1.71. The van der Waals surface area contributed by atoms with Crippen molar-refractivity contribution in [2.75, 3.05) is 13.1 Å². The molecular formula is C21H22N2O5S. The zero-order valence-electron chi connectivity index (χ0n) is 15.8. The lowest BCUT2D eigenvalue weighted by Gasteiger charge is -2.25. The molecule has 1 aliphatic heterocycles. The second-order valence-electron chi connectivity index (χ2n) is 7.60. The molecular weight excluding hydrogens is 392 g/mol. The molecule has 0 saturated carbocycles. The zero-order valence-corrected chi connectivity index (χ0v) is 16.6. The smallest absolute Gasteiger partial charge is 0.330 e. The second kappa shape index (κ2) is 7.27. The number of amides is 1. The molecule has 0 spiro atoms. The predicted molar refractivity (Wildman–Crippen MR) is 106 cm³/mol.